The molecule has 0 aliphatic carbocycles. The molecule has 0 atom stereocenters. The number of aliphatic carboxylic acids is 1. The first-order valence-corrected chi connectivity index (χ1v) is 4.06. The van der Waals surface area contributed by atoms with E-state index in [0.717, 1.165) is 12.5 Å². The number of rotatable bonds is 5. The molecule has 0 unspecified atom stereocenters. The van der Waals surface area contributed by atoms with Gasteiger partial charge < -0.3 is 9.84 Å². The van der Waals surface area contributed by atoms with Crippen LogP contribution in [0.5, 0.6) is 0 Å². The summed E-state index contributed by atoms with van der Waals surface area (Å²) in [5.74, 6) is 0.0859. The lowest BCUT2D eigenvalue weighted by atomic mass is 10.1. The molecule has 0 amide bonds. The number of allylic oxidation sites excluding steroid dienone is 1. The predicted octanol–water partition coefficient (Wildman–Crippen LogP) is 2.04. The number of carboxylic acid groups (broad SMARTS) is 1. The van der Waals surface area contributed by atoms with E-state index in [1.165, 1.54) is 0 Å². The molecule has 0 aromatic heterocycles. The molecular formula is C9H16O3. The van der Waals surface area contributed by atoms with Crippen LogP contribution in [-0.2, 0) is 9.53 Å². The largest absolute Gasteiger partial charge is 0.498 e. The first-order valence-electron chi connectivity index (χ1n) is 4.06. The Balaban J connectivity index is 3.57. The maximum atomic E-state index is 10.2. The number of carboxylic acids is 1. The lowest BCUT2D eigenvalue weighted by Crippen LogP contribution is -1.99. The molecule has 1 N–H and O–H groups in total. The lowest BCUT2D eigenvalue weighted by Gasteiger charge is -2.06. The van der Waals surface area contributed by atoms with E-state index in [2.05, 4.69) is 13.8 Å². The van der Waals surface area contributed by atoms with Gasteiger partial charge in [-0.15, -0.1) is 0 Å². The zero-order valence-corrected chi connectivity index (χ0v) is 7.83. The van der Waals surface area contributed by atoms with Crippen LogP contribution in [0, 0.1) is 5.92 Å². The van der Waals surface area contributed by atoms with Gasteiger partial charge in [-0.2, -0.15) is 0 Å². The third-order valence-electron chi connectivity index (χ3n) is 1.35. The van der Waals surface area contributed by atoms with E-state index in [0.29, 0.717) is 18.3 Å². The van der Waals surface area contributed by atoms with Crippen LogP contribution in [0.3, 0.4) is 0 Å². The van der Waals surface area contributed by atoms with Crippen molar-refractivity contribution >= 4 is 5.97 Å². The molecular weight excluding hydrogens is 156 g/mol. The average Bonchev–Trinajstić information content (AvgIpc) is 1.84. The molecule has 0 radical (unpaired) electrons. The fourth-order valence-electron chi connectivity index (χ4n) is 0.671. The Morgan fingerprint density at radius 1 is 1.58 bits per heavy atom. The smallest absolute Gasteiger partial charge is 0.331 e. The molecule has 3 nitrogen and oxygen atoms in total. The predicted molar refractivity (Wildman–Crippen MR) is 46.8 cm³/mol. The Hall–Kier alpha value is -0.990. The van der Waals surface area contributed by atoms with Crippen molar-refractivity contribution in [3.63, 3.8) is 0 Å². The number of hydrogen-bond acceptors (Lipinski definition) is 2. The van der Waals surface area contributed by atoms with E-state index in [1.54, 1.807) is 6.92 Å². The fraction of sp³-hybridized carbons (Fsp3) is 0.667. The van der Waals surface area contributed by atoms with Gasteiger partial charge in [-0.1, -0.05) is 13.8 Å². The average molecular weight is 172 g/mol. The quantitative estimate of drug-likeness (QED) is 0.510. The van der Waals surface area contributed by atoms with Crippen LogP contribution < -0.4 is 0 Å². The van der Waals surface area contributed by atoms with Crippen LogP contribution >= 0.6 is 0 Å². The van der Waals surface area contributed by atoms with Gasteiger partial charge in [0.05, 0.1) is 12.7 Å². The third-order valence-corrected chi connectivity index (χ3v) is 1.35. The number of hydrogen-bond donors (Lipinski definition) is 1. The summed E-state index contributed by atoms with van der Waals surface area (Å²) in [6, 6.07) is 0. The van der Waals surface area contributed by atoms with Gasteiger partial charge in [0.25, 0.3) is 0 Å². The van der Waals surface area contributed by atoms with Crippen LogP contribution in [0.15, 0.2) is 11.8 Å². The molecule has 12 heavy (non-hydrogen) atoms. The Kier molecular flexibility index (Phi) is 5.17. The number of ether oxygens (including phenoxy) is 1. The van der Waals surface area contributed by atoms with Crippen LogP contribution in [0.4, 0.5) is 0 Å². The van der Waals surface area contributed by atoms with Crippen molar-refractivity contribution in [2.75, 3.05) is 6.61 Å². The van der Waals surface area contributed by atoms with Crippen molar-refractivity contribution in [3.8, 4) is 0 Å². The summed E-state index contributed by atoms with van der Waals surface area (Å²) < 4.78 is 5.14. The van der Waals surface area contributed by atoms with Gasteiger partial charge in [0.15, 0.2) is 0 Å². The van der Waals surface area contributed by atoms with Gasteiger partial charge in [-0.25, -0.2) is 4.79 Å². The van der Waals surface area contributed by atoms with E-state index >= 15 is 0 Å². The molecule has 0 aromatic rings. The van der Waals surface area contributed by atoms with Crippen molar-refractivity contribution in [2.24, 2.45) is 5.92 Å². The van der Waals surface area contributed by atoms with Crippen molar-refractivity contribution < 1.29 is 14.6 Å². The summed E-state index contributed by atoms with van der Waals surface area (Å²) in [7, 11) is 0. The Morgan fingerprint density at radius 2 is 2.17 bits per heavy atom. The van der Waals surface area contributed by atoms with E-state index in [1.807, 2.05) is 0 Å². The summed E-state index contributed by atoms with van der Waals surface area (Å²) >= 11 is 0. The molecule has 70 valence electrons. The van der Waals surface area contributed by atoms with Crippen molar-refractivity contribution in [3.05, 3.63) is 11.8 Å². The summed E-state index contributed by atoms with van der Waals surface area (Å²) in [6.45, 7) is 6.43. The monoisotopic (exact) mass is 172 g/mol. The van der Waals surface area contributed by atoms with Gasteiger partial charge >= 0.3 is 5.97 Å². The standard InChI is InChI=1S/C9H16O3/c1-7(2)4-5-12-8(3)6-9(10)11/h6-7H,4-5H2,1-3H3,(H,10,11). The second-order valence-electron chi connectivity index (χ2n) is 3.12. The topological polar surface area (TPSA) is 46.5 Å². The molecule has 0 rings (SSSR count). The minimum absolute atomic E-state index is 0.461. The van der Waals surface area contributed by atoms with E-state index in [-0.39, 0.29) is 0 Å². The minimum atomic E-state index is -0.961. The zero-order valence-electron chi connectivity index (χ0n) is 7.83. The summed E-state index contributed by atoms with van der Waals surface area (Å²) in [5.41, 5.74) is 0. The molecule has 0 saturated carbocycles. The molecule has 0 aliphatic heterocycles. The molecule has 0 aliphatic rings. The Morgan fingerprint density at radius 3 is 2.58 bits per heavy atom. The summed E-state index contributed by atoms with van der Waals surface area (Å²) in [4.78, 5) is 10.2. The van der Waals surface area contributed by atoms with Crippen LogP contribution in [-0.4, -0.2) is 17.7 Å². The first-order chi connectivity index (χ1) is 5.52. The SMILES string of the molecule is CC(=CC(=O)O)OCCC(C)C. The van der Waals surface area contributed by atoms with Crippen LogP contribution in [0.2, 0.25) is 0 Å². The zero-order chi connectivity index (χ0) is 9.56. The molecule has 0 aromatic carbocycles. The van der Waals surface area contributed by atoms with Gasteiger partial charge in [-0.3, -0.25) is 0 Å². The second kappa shape index (κ2) is 5.63. The van der Waals surface area contributed by atoms with Crippen molar-refractivity contribution in [1.29, 1.82) is 0 Å². The van der Waals surface area contributed by atoms with Gasteiger partial charge in [0, 0.05) is 0 Å². The maximum Gasteiger partial charge on any atom is 0.331 e. The van der Waals surface area contributed by atoms with Crippen molar-refractivity contribution in [2.45, 2.75) is 27.2 Å². The molecule has 0 heterocycles. The van der Waals surface area contributed by atoms with E-state index in [4.69, 9.17) is 9.84 Å². The molecule has 0 saturated heterocycles. The first kappa shape index (κ1) is 11.0. The highest BCUT2D eigenvalue weighted by atomic mass is 16.5. The summed E-state index contributed by atoms with van der Waals surface area (Å²) in [6.07, 6.45) is 2.02. The minimum Gasteiger partial charge on any atom is -0.498 e. The summed E-state index contributed by atoms with van der Waals surface area (Å²) in [5, 5.41) is 8.34. The third kappa shape index (κ3) is 7.12. The van der Waals surface area contributed by atoms with Crippen molar-refractivity contribution in [1.82, 2.24) is 0 Å². The van der Waals surface area contributed by atoms with Gasteiger partial charge in [-0.05, 0) is 19.3 Å². The normalized spacial score (nSPS) is 11.8. The molecule has 0 spiro atoms. The Bertz CT molecular complexity index is 171. The van der Waals surface area contributed by atoms with Gasteiger partial charge in [0.1, 0.15) is 5.76 Å². The highest BCUT2D eigenvalue weighted by Gasteiger charge is 1.96. The maximum absolute atomic E-state index is 10.2. The highest BCUT2D eigenvalue weighted by molar-refractivity contribution is 5.80. The highest BCUT2D eigenvalue weighted by Crippen LogP contribution is 2.02. The molecule has 3 heteroatoms. The van der Waals surface area contributed by atoms with Crippen LogP contribution in [0.1, 0.15) is 27.2 Å². The number of carbonyl (C=O) groups is 1. The lowest BCUT2D eigenvalue weighted by molar-refractivity contribution is -0.131. The molecule has 0 bridgehead atoms. The second-order valence-corrected chi connectivity index (χ2v) is 3.12. The molecule has 0 fully saturated rings. The van der Waals surface area contributed by atoms with Gasteiger partial charge in [0.2, 0.25) is 0 Å². The van der Waals surface area contributed by atoms with E-state index in [9.17, 15) is 4.79 Å². The Labute approximate surface area is 73.0 Å². The van der Waals surface area contributed by atoms with E-state index < -0.39 is 5.97 Å². The van der Waals surface area contributed by atoms with Crippen LogP contribution in [0.25, 0.3) is 0 Å². The fourth-order valence-corrected chi connectivity index (χ4v) is 0.671.